The first-order chi connectivity index (χ1) is 9.42. The van der Waals surface area contributed by atoms with Crippen LogP contribution in [-0.2, 0) is 4.74 Å². The van der Waals surface area contributed by atoms with Crippen LogP contribution in [0.5, 0.6) is 5.75 Å². The van der Waals surface area contributed by atoms with Crippen molar-refractivity contribution in [3.05, 3.63) is 36.5 Å². The van der Waals surface area contributed by atoms with E-state index in [9.17, 15) is 0 Å². The number of benzene rings is 1. The molecule has 1 saturated heterocycles. The Morgan fingerprint density at radius 1 is 1.21 bits per heavy atom. The first-order valence-electron chi connectivity index (χ1n) is 6.69. The van der Waals surface area contributed by atoms with Crippen molar-refractivity contribution in [2.75, 3.05) is 39.5 Å². The number of hydrogen-bond donors (Lipinski definition) is 0. The van der Waals surface area contributed by atoms with E-state index in [1.54, 1.807) is 6.20 Å². The molecule has 3 rings (SSSR count). The van der Waals surface area contributed by atoms with Crippen LogP contribution in [-0.4, -0.2) is 49.3 Å². The third-order valence-electron chi connectivity index (χ3n) is 3.36. The molecule has 1 aromatic carbocycles. The maximum atomic E-state index is 5.79. The van der Waals surface area contributed by atoms with E-state index in [2.05, 4.69) is 16.0 Å². The zero-order chi connectivity index (χ0) is 12.9. The first-order valence-corrected chi connectivity index (χ1v) is 6.69. The third kappa shape index (κ3) is 3.22. The molecule has 1 aromatic heterocycles. The van der Waals surface area contributed by atoms with E-state index in [-0.39, 0.29) is 0 Å². The quantitative estimate of drug-likeness (QED) is 0.839. The summed E-state index contributed by atoms with van der Waals surface area (Å²) < 4.78 is 11.1. The highest BCUT2D eigenvalue weighted by molar-refractivity contribution is 5.79. The average Bonchev–Trinajstić information content (AvgIpc) is 2.48. The number of pyridine rings is 1. The molecule has 0 aliphatic carbocycles. The standard InChI is InChI=1S/C15H18N2O2/c1-2-13-3-4-14(12-15(13)16-5-1)19-11-8-17-6-9-18-10-7-17/h1-5,12H,6-11H2. The molecular weight excluding hydrogens is 240 g/mol. The zero-order valence-corrected chi connectivity index (χ0v) is 10.9. The van der Waals surface area contributed by atoms with E-state index >= 15 is 0 Å². The number of rotatable bonds is 4. The summed E-state index contributed by atoms with van der Waals surface area (Å²) in [6.45, 7) is 5.33. The molecule has 19 heavy (non-hydrogen) atoms. The predicted octanol–water partition coefficient (Wildman–Crippen LogP) is 1.95. The van der Waals surface area contributed by atoms with E-state index < -0.39 is 0 Å². The molecule has 0 radical (unpaired) electrons. The van der Waals surface area contributed by atoms with Gasteiger partial charge in [-0.05, 0) is 18.2 Å². The molecule has 0 N–H and O–H groups in total. The van der Waals surface area contributed by atoms with Crippen molar-refractivity contribution in [2.45, 2.75) is 0 Å². The molecule has 0 unspecified atom stereocenters. The Morgan fingerprint density at radius 2 is 2.11 bits per heavy atom. The summed E-state index contributed by atoms with van der Waals surface area (Å²) >= 11 is 0. The molecule has 0 atom stereocenters. The van der Waals surface area contributed by atoms with Gasteiger partial charge >= 0.3 is 0 Å². The number of aromatic nitrogens is 1. The Hall–Kier alpha value is -1.65. The Kier molecular flexibility index (Phi) is 3.91. The minimum atomic E-state index is 0.707. The van der Waals surface area contributed by atoms with Gasteiger partial charge in [0.1, 0.15) is 12.4 Å². The van der Waals surface area contributed by atoms with Crippen LogP contribution in [0.1, 0.15) is 0 Å². The van der Waals surface area contributed by atoms with Gasteiger partial charge in [-0.1, -0.05) is 6.07 Å². The lowest BCUT2D eigenvalue weighted by Gasteiger charge is -2.26. The van der Waals surface area contributed by atoms with Gasteiger partial charge in [0.2, 0.25) is 0 Å². The van der Waals surface area contributed by atoms with E-state index in [0.717, 1.165) is 49.5 Å². The summed E-state index contributed by atoms with van der Waals surface area (Å²) in [7, 11) is 0. The minimum Gasteiger partial charge on any atom is -0.492 e. The molecule has 0 spiro atoms. The molecule has 2 aromatic rings. The second-order valence-corrected chi connectivity index (χ2v) is 4.66. The highest BCUT2D eigenvalue weighted by Crippen LogP contribution is 2.18. The van der Waals surface area contributed by atoms with Crippen LogP contribution in [0.3, 0.4) is 0 Å². The SMILES string of the molecule is c1cnc2cc(OCCN3CCOCC3)ccc2c1. The van der Waals surface area contributed by atoms with E-state index in [4.69, 9.17) is 9.47 Å². The fourth-order valence-corrected chi connectivity index (χ4v) is 2.25. The van der Waals surface area contributed by atoms with Gasteiger partial charge in [-0.2, -0.15) is 0 Å². The molecule has 1 aliphatic rings. The monoisotopic (exact) mass is 258 g/mol. The van der Waals surface area contributed by atoms with Gasteiger partial charge in [-0.3, -0.25) is 9.88 Å². The fourth-order valence-electron chi connectivity index (χ4n) is 2.25. The number of morpholine rings is 1. The molecular formula is C15H18N2O2. The van der Waals surface area contributed by atoms with Gasteiger partial charge < -0.3 is 9.47 Å². The fraction of sp³-hybridized carbons (Fsp3) is 0.400. The second-order valence-electron chi connectivity index (χ2n) is 4.66. The van der Waals surface area contributed by atoms with Crippen molar-refractivity contribution < 1.29 is 9.47 Å². The van der Waals surface area contributed by atoms with Crippen molar-refractivity contribution in [2.24, 2.45) is 0 Å². The maximum absolute atomic E-state index is 5.79. The van der Waals surface area contributed by atoms with Gasteiger partial charge in [-0.25, -0.2) is 0 Å². The summed E-state index contributed by atoms with van der Waals surface area (Å²) in [5, 5.41) is 1.14. The third-order valence-corrected chi connectivity index (χ3v) is 3.36. The van der Waals surface area contributed by atoms with Crippen molar-refractivity contribution in [3.8, 4) is 5.75 Å². The summed E-state index contributed by atoms with van der Waals surface area (Å²) in [4.78, 5) is 6.70. The van der Waals surface area contributed by atoms with Crippen molar-refractivity contribution >= 4 is 10.9 Å². The highest BCUT2D eigenvalue weighted by Gasteiger charge is 2.09. The lowest BCUT2D eigenvalue weighted by Crippen LogP contribution is -2.38. The summed E-state index contributed by atoms with van der Waals surface area (Å²) in [5.74, 6) is 0.888. The highest BCUT2D eigenvalue weighted by atomic mass is 16.5. The van der Waals surface area contributed by atoms with Gasteiger partial charge in [0.25, 0.3) is 0 Å². The van der Waals surface area contributed by atoms with Crippen LogP contribution < -0.4 is 4.74 Å². The Morgan fingerprint density at radius 3 is 3.00 bits per heavy atom. The maximum Gasteiger partial charge on any atom is 0.121 e. The van der Waals surface area contributed by atoms with Crippen LogP contribution in [0, 0.1) is 0 Å². The molecule has 0 bridgehead atoms. The molecule has 2 heterocycles. The largest absolute Gasteiger partial charge is 0.492 e. The van der Waals surface area contributed by atoms with Crippen LogP contribution in [0.15, 0.2) is 36.5 Å². The average molecular weight is 258 g/mol. The lowest BCUT2D eigenvalue weighted by atomic mass is 10.2. The van der Waals surface area contributed by atoms with Crippen LogP contribution >= 0.6 is 0 Å². The number of nitrogens with zero attached hydrogens (tertiary/aromatic N) is 2. The Labute approximate surface area is 113 Å². The molecule has 0 saturated carbocycles. The number of ether oxygens (including phenoxy) is 2. The van der Waals surface area contributed by atoms with Crippen molar-refractivity contribution in [3.63, 3.8) is 0 Å². The zero-order valence-electron chi connectivity index (χ0n) is 10.9. The molecule has 0 amide bonds. The molecule has 1 fully saturated rings. The lowest BCUT2D eigenvalue weighted by molar-refractivity contribution is 0.0322. The van der Waals surface area contributed by atoms with Crippen molar-refractivity contribution in [1.82, 2.24) is 9.88 Å². The normalized spacial score (nSPS) is 16.6. The topological polar surface area (TPSA) is 34.6 Å². The first kappa shape index (κ1) is 12.4. The van der Waals surface area contributed by atoms with Gasteiger partial charge in [-0.15, -0.1) is 0 Å². The molecule has 4 nitrogen and oxygen atoms in total. The predicted molar refractivity (Wildman–Crippen MR) is 74.5 cm³/mol. The van der Waals surface area contributed by atoms with E-state index in [1.165, 1.54) is 0 Å². The smallest absolute Gasteiger partial charge is 0.121 e. The Balaban J connectivity index is 1.56. The van der Waals surface area contributed by atoms with Crippen LogP contribution in [0.25, 0.3) is 10.9 Å². The molecule has 100 valence electrons. The molecule has 1 aliphatic heterocycles. The number of hydrogen-bond acceptors (Lipinski definition) is 4. The van der Waals surface area contributed by atoms with Gasteiger partial charge in [0.05, 0.1) is 18.7 Å². The van der Waals surface area contributed by atoms with Gasteiger partial charge in [0.15, 0.2) is 0 Å². The van der Waals surface area contributed by atoms with Crippen LogP contribution in [0.2, 0.25) is 0 Å². The van der Waals surface area contributed by atoms with Gasteiger partial charge in [0, 0.05) is 37.3 Å². The summed E-state index contributed by atoms with van der Waals surface area (Å²) in [6.07, 6.45) is 1.81. The van der Waals surface area contributed by atoms with Crippen molar-refractivity contribution in [1.29, 1.82) is 0 Å². The molecule has 4 heteroatoms. The van der Waals surface area contributed by atoms with Crippen LogP contribution in [0.4, 0.5) is 0 Å². The summed E-state index contributed by atoms with van der Waals surface area (Å²) in [6, 6.07) is 10.0. The van der Waals surface area contributed by atoms with E-state index in [1.807, 2.05) is 24.3 Å². The Bertz CT molecular complexity index is 538. The minimum absolute atomic E-state index is 0.707. The summed E-state index contributed by atoms with van der Waals surface area (Å²) in [5.41, 5.74) is 0.978. The van der Waals surface area contributed by atoms with E-state index in [0.29, 0.717) is 6.61 Å². The second kappa shape index (κ2) is 5.99. The number of fused-ring (bicyclic) bond motifs is 1.